The van der Waals surface area contributed by atoms with Crippen LogP contribution in [0.5, 0.6) is 11.5 Å². The van der Waals surface area contributed by atoms with Crippen molar-refractivity contribution in [3.05, 3.63) is 57.4 Å². The highest BCUT2D eigenvalue weighted by Gasteiger charge is 2.09. The minimum absolute atomic E-state index is 0.0309. The number of aromatic hydroxyl groups is 1. The SMILES string of the molecule is COc1cccc(C=NNc2nc(-c3ccc(Cl)cc3Cl)cs2)c1O. The number of hydrazone groups is 1. The van der Waals surface area contributed by atoms with E-state index < -0.39 is 0 Å². The average molecular weight is 394 g/mol. The monoisotopic (exact) mass is 393 g/mol. The van der Waals surface area contributed by atoms with E-state index in [1.54, 1.807) is 30.3 Å². The van der Waals surface area contributed by atoms with Gasteiger partial charge in [0, 0.05) is 21.5 Å². The summed E-state index contributed by atoms with van der Waals surface area (Å²) in [4.78, 5) is 4.44. The average Bonchev–Trinajstić information content (AvgIpc) is 3.05. The van der Waals surface area contributed by atoms with E-state index in [4.69, 9.17) is 27.9 Å². The molecule has 0 spiro atoms. The fraction of sp³-hybridized carbons (Fsp3) is 0.0588. The number of hydrogen-bond acceptors (Lipinski definition) is 6. The second kappa shape index (κ2) is 7.74. The number of anilines is 1. The third kappa shape index (κ3) is 4.04. The topological polar surface area (TPSA) is 66.7 Å². The van der Waals surface area contributed by atoms with Crippen molar-refractivity contribution >= 4 is 45.9 Å². The van der Waals surface area contributed by atoms with Crippen molar-refractivity contribution in [1.82, 2.24) is 4.98 Å². The number of ether oxygens (including phenoxy) is 1. The molecule has 2 aromatic carbocycles. The summed E-state index contributed by atoms with van der Waals surface area (Å²) in [5.41, 5.74) is 4.89. The molecule has 0 atom stereocenters. The van der Waals surface area contributed by atoms with Gasteiger partial charge in [0.05, 0.1) is 24.0 Å². The molecule has 0 aliphatic carbocycles. The molecule has 8 heteroatoms. The highest BCUT2D eigenvalue weighted by atomic mass is 35.5. The van der Waals surface area contributed by atoms with Gasteiger partial charge in [-0.15, -0.1) is 11.3 Å². The maximum atomic E-state index is 10.0. The Morgan fingerprint density at radius 1 is 1.28 bits per heavy atom. The molecule has 0 bridgehead atoms. The first-order valence-corrected chi connectivity index (χ1v) is 8.78. The lowest BCUT2D eigenvalue weighted by Gasteiger charge is -2.04. The lowest BCUT2D eigenvalue weighted by Crippen LogP contribution is -1.92. The second-order valence-electron chi connectivity index (χ2n) is 4.93. The number of phenolic OH excluding ortho intramolecular Hbond substituents is 1. The lowest BCUT2D eigenvalue weighted by molar-refractivity contribution is 0.373. The molecule has 0 aliphatic rings. The van der Waals surface area contributed by atoms with Crippen LogP contribution in [-0.4, -0.2) is 23.4 Å². The number of aromatic nitrogens is 1. The van der Waals surface area contributed by atoms with Gasteiger partial charge in [0.25, 0.3) is 0 Å². The summed E-state index contributed by atoms with van der Waals surface area (Å²) >= 11 is 13.5. The normalized spacial score (nSPS) is 11.0. The molecule has 3 aromatic rings. The number of benzene rings is 2. The molecule has 3 rings (SSSR count). The summed E-state index contributed by atoms with van der Waals surface area (Å²) in [5.74, 6) is 0.418. The Kier molecular flexibility index (Phi) is 5.43. The van der Waals surface area contributed by atoms with Gasteiger partial charge in [-0.05, 0) is 30.3 Å². The van der Waals surface area contributed by atoms with Gasteiger partial charge in [0.2, 0.25) is 5.13 Å². The summed E-state index contributed by atoms with van der Waals surface area (Å²) in [6.07, 6.45) is 1.49. The maximum absolute atomic E-state index is 10.0. The van der Waals surface area contributed by atoms with Gasteiger partial charge in [-0.2, -0.15) is 5.10 Å². The standard InChI is InChI=1S/C17H13Cl2N3O2S/c1-24-15-4-2-3-10(16(15)23)8-20-22-17-21-14(9-25-17)12-6-5-11(18)7-13(12)19/h2-9,23H,1H3,(H,21,22). The van der Waals surface area contributed by atoms with Crippen molar-refractivity contribution in [2.45, 2.75) is 0 Å². The van der Waals surface area contributed by atoms with Gasteiger partial charge in [0.1, 0.15) is 0 Å². The second-order valence-corrected chi connectivity index (χ2v) is 6.63. The molecule has 5 nitrogen and oxygen atoms in total. The number of hydrogen-bond donors (Lipinski definition) is 2. The van der Waals surface area contributed by atoms with E-state index in [2.05, 4.69) is 15.5 Å². The van der Waals surface area contributed by atoms with Gasteiger partial charge >= 0.3 is 0 Å². The number of rotatable bonds is 5. The summed E-state index contributed by atoms with van der Waals surface area (Å²) < 4.78 is 5.06. The Morgan fingerprint density at radius 2 is 2.12 bits per heavy atom. The maximum Gasteiger partial charge on any atom is 0.203 e. The van der Waals surface area contributed by atoms with E-state index >= 15 is 0 Å². The van der Waals surface area contributed by atoms with Gasteiger partial charge < -0.3 is 9.84 Å². The van der Waals surface area contributed by atoms with Gasteiger partial charge in [-0.1, -0.05) is 29.3 Å². The smallest absolute Gasteiger partial charge is 0.203 e. The molecule has 128 valence electrons. The fourth-order valence-electron chi connectivity index (χ4n) is 2.11. The first kappa shape index (κ1) is 17.5. The van der Waals surface area contributed by atoms with Crippen LogP contribution < -0.4 is 10.2 Å². The minimum atomic E-state index is 0.0309. The minimum Gasteiger partial charge on any atom is -0.504 e. The van der Waals surface area contributed by atoms with Crippen LogP contribution in [0.2, 0.25) is 10.0 Å². The molecule has 0 radical (unpaired) electrons. The van der Waals surface area contributed by atoms with Gasteiger partial charge in [-0.25, -0.2) is 4.98 Å². The number of phenols is 1. The highest BCUT2D eigenvalue weighted by molar-refractivity contribution is 7.14. The van der Waals surface area contributed by atoms with Crippen molar-refractivity contribution in [1.29, 1.82) is 0 Å². The van der Waals surface area contributed by atoms with Crippen LogP contribution in [0.3, 0.4) is 0 Å². The zero-order chi connectivity index (χ0) is 17.8. The molecule has 0 saturated heterocycles. The predicted octanol–water partition coefficient (Wildman–Crippen LogP) is 5.28. The third-order valence-electron chi connectivity index (χ3n) is 3.33. The molecule has 0 aliphatic heterocycles. The number of nitrogens with one attached hydrogen (secondary N) is 1. The van der Waals surface area contributed by atoms with Crippen molar-refractivity contribution < 1.29 is 9.84 Å². The first-order chi connectivity index (χ1) is 12.1. The molecule has 1 heterocycles. The lowest BCUT2D eigenvalue weighted by atomic mass is 10.2. The molecule has 0 unspecified atom stereocenters. The Morgan fingerprint density at radius 3 is 2.88 bits per heavy atom. The molecular formula is C17H13Cl2N3O2S. The number of methoxy groups -OCH3 is 1. The first-order valence-electron chi connectivity index (χ1n) is 7.14. The van der Waals surface area contributed by atoms with Crippen molar-refractivity contribution in [2.24, 2.45) is 5.10 Å². The summed E-state index contributed by atoms with van der Waals surface area (Å²) in [6, 6.07) is 10.4. The molecule has 0 fully saturated rings. The van der Waals surface area contributed by atoms with Crippen LogP contribution >= 0.6 is 34.5 Å². The van der Waals surface area contributed by atoms with Crippen LogP contribution in [0.4, 0.5) is 5.13 Å². The van der Waals surface area contributed by atoms with Gasteiger partial charge in [0.15, 0.2) is 11.5 Å². The van der Waals surface area contributed by atoms with E-state index in [1.807, 2.05) is 11.4 Å². The quantitative estimate of drug-likeness (QED) is 0.457. The number of thiazole rings is 1. The van der Waals surface area contributed by atoms with Crippen LogP contribution in [-0.2, 0) is 0 Å². The number of para-hydroxylation sites is 1. The summed E-state index contributed by atoms with van der Waals surface area (Å²) in [7, 11) is 1.49. The third-order valence-corrected chi connectivity index (χ3v) is 4.62. The van der Waals surface area contributed by atoms with E-state index in [0.717, 1.165) is 11.3 Å². The van der Waals surface area contributed by atoms with Crippen molar-refractivity contribution in [3.8, 4) is 22.8 Å². The van der Waals surface area contributed by atoms with E-state index in [-0.39, 0.29) is 5.75 Å². The Labute approximate surface area is 158 Å². The van der Waals surface area contributed by atoms with Crippen LogP contribution in [0.15, 0.2) is 46.9 Å². The van der Waals surface area contributed by atoms with Crippen LogP contribution in [0.1, 0.15) is 5.56 Å². The zero-order valence-corrected chi connectivity index (χ0v) is 15.4. The van der Waals surface area contributed by atoms with Gasteiger partial charge in [-0.3, -0.25) is 5.43 Å². The predicted molar refractivity (Wildman–Crippen MR) is 103 cm³/mol. The van der Waals surface area contributed by atoms with E-state index in [1.165, 1.54) is 24.7 Å². The number of halogens is 2. The Hall–Kier alpha value is -2.28. The molecule has 1 aromatic heterocycles. The summed E-state index contributed by atoms with van der Waals surface area (Å²) in [6.45, 7) is 0. The van der Waals surface area contributed by atoms with E-state index in [9.17, 15) is 5.11 Å². The molecule has 2 N–H and O–H groups in total. The fourth-order valence-corrected chi connectivity index (χ4v) is 3.28. The molecular weight excluding hydrogens is 381 g/mol. The van der Waals surface area contributed by atoms with E-state index in [0.29, 0.717) is 26.5 Å². The Bertz CT molecular complexity index is 928. The van der Waals surface area contributed by atoms with Crippen LogP contribution in [0.25, 0.3) is 11.3 Å². The number of nitrogens with zero attached hydrogens (tertiary/aromatic N) is 2. The summed E-state index contributed by atoms with van der Waals surface area (Å²) in [5, 5.41) is 17.7. The largest absolute Gasteiger partial charge is 0.504 e. The Balaban J connectivity index is 1.74. The molecule has 25 heavy (non-hydrogen) atoms. The van der Waals surface area contributed by atoms with Crippen LogP contribution in [0, 0.1) is 0 Å². The van der Waals surface area contributed by atoms with Crippen molar-refractivity contribution in [2.75, 3.05) is 12.5 Å². The highest BCUT2D eigenvalue weighted by Crippen LogP contribution is 2.32. The van der Waals surface area contributed by atoms with Crippen molar-refractivity contribution in [3.63, 3.8) is 0 Å². The molecule has 0 saturated carbocycles. The molecule has 0 amide bonds. The zero-order valence-electron chi connectivity index (χ0n) is 13.0.